The van der Waals surface area contributed by atoms with Gasteiger partial charge in [-0.3, -0.25) is 0 Å². The molecule has 3 aromatic carbocycles. The van der Waals surface area contributed by atoms with Crippen molar-refractivity contribution < 1.29 is 19.6 Å². The molecule has 5 nitrogen and oxygen atoms in total. The van der Waals surface area contributed by atoms with Crippen LogP contribution in [-0.4, -0.2) is 22.7 Å². The topological polar surface area (TPSA) is 64.7 Å². The fraction of sp³-hybridized carbons (Fsp3) is 0.200. The number of aryl methyl sites for hydroxylation is 1. The van der Waals surface area contributed by atoms with Crippen LogP contribution in [0.1, 0.15) is 30.5 Å². The van der Waals surface area contributed by atoms with Gasteiger partial charge in [-0.05, 0) is 48.4 Å². The average Bonchev–Trinajstić information content (AvgIpc) is 3.13. The van der Waals surface area contributed by atoms with Crippen LogP contribution in [0.2, 0.25) is 0 Å². The summed E-state index contributed by atoms with van der Waals surface area (Å²) in [6.45, 7) is 5.86. The number of hydrogen-bond donors (Lipinski definition) is 2. The molecule has 0 saturated heterocycles. The zero-order valence-corrected chi connectivity index (χ0v) is 18.3. The molecule has 1 unspecified atom stereocenters. The van der Waals surface area contributed by atoms with Gasteiger partial charge < -0.3 is 15.1 Å². The predicted octanol–water partition coefficient (Wildman–Crippen LogP) is 4.98. The van der Waals surface area contributed by atoms with Gasteiger partial charge in [-0.1, -0.05) is 47.7 Å². The van der Waals surface area contributed by atoms with E-state index in [1.165, 1.54) is 26.0 Å². The minimum Gasteiger partial charge on any atom is -0.479 e. The number of anilines is 1. The molecule has 0 amide bonds. The summed E-state index contributed by atoms with van der Waals surface area (Å²) in [5.74, 6) is -1.25. The SMILES string of the molecule is CCN(C=Cc1sc2cc3ccccc3cc2[n+]1CC)c1ccc(C(O)C(=O)O)cc1. The molecule has 2 N–H and O–H groups in total. The van der Waals surface area contributed by atoms with Gasteiger partial charge in [0, 0.05) is 30.6 Å². The Labute approximate surface area is 185 Å². The van der Waals surface area contributed by atoms with E-state index < -0.39 is 12.1 Å². The van der Waals surface area contributed by atoms with Crippen molar-refractivity contribution in [3.05, 3.63) is 77.4 Å². The van der Waals surface area contributed by atoms with E-state index in [9.17, 15) is 9.90 Å². The zero-order valence-electron chi connectivity index (χ0n) is 17.5. The number of aliphatic hydroxyl groups excluding tert-OH is 1. The number of aromatic nitrogens is 1. The van der Waals surface area contributed by atoms with Crippen molar-refractivity contribution in [2.24, 2.45) is 0 Å². The standard InChI is InChI=1S/C25H24N2O3S/c1-3-26(20-11-9-17(10-12-20)24(28)25(29)30)14-13-23-27(4-2)21-15-18-7-5-6-8-19(18)16-22(21)31-23/h5-16,24,28H,3-4H2,1-2H3/p+1. The van der Waals surface area contributed by atoms with Crippen molar-refractivity contribution in [2.45, 2.75) is 26.5 Å². The minimum atomic E-state index is -1.50. The number of fused-ring (bicyclic) bond motifs is 2. The van der Waals surface area contributed by atoms with Crippen LogP contribution in [0.5, 0.6) is 0 Å². The Bertz CT molecular complexity index is 1260. The van der Waals surface area contributed by atoms with E-state index in [1.54, 1.807) is 23.5 Å². The van der Waals surface area contributed by atoms with Crippen LogP contribution in [-0.2, 0) is 11.3 Å². The number of aliphatic hydroxyl groups is 1. The maximum Gasteiger partial charge on any atom is 0.337 e. The van der Waals surface area contributed by atoms with Crippen LogP contribution >= 0.6 is 11.3 Å². The van der Waals surface area contributed by atoms with Crippen molar-refractivity contribution in [1.82, 2.24) is 0 Å². The van der Waals surface area contributed by atoms with E-state index in [0.717, 1.165) is 18.8 Å². The fourth-order valence-electron chi connectivity index (χ4n) is 3.76. The largest absolute Gasteiger partial charge is 0.479 e. The quantitative estimate of drug-likeness (QED) is 0.404. The lowest BCUT2D eigenvalue weighted by Crippen LogP contribution is -2.33. The first kappa shape index (κ1) is 21.0. The molecule has 0 spiro atoms. The van der Waals surface area contributed by atoms with Gasteiger partial charge in [0.25, 0.3) is 5.01 Å². The second kappa shape index (κ2) is 8.88. The van der Waals surface area contributed by atoms with Gasteiger partial charge in [0.05, 0.1) is 0 Å². The summed E-state index contributed by atoms with van der Waals surface area (Å²) in [7, 11) is 0. The summed E-state index contributed by atoms with van der Waals surface area (Å²) >= 11 is 1.77. The van der Waals surface area contributed by atoms with Crippen LogP contribution < -0.4 is 9.47 Å². The van der Waals surface area contributed by atoms with Crippen LogP contribution in [0.15, 0.2) is 66.9 Å². The summed E-state index contributed by atoms with van der Waals surface area (Å²) < 4.78 is 3.58. The highest BCUT2D eigenvalue weighted by molar-refractivity contribution is 7.18. The molecule has 31 heavy (non-hydrogen) atoms. The zero-order chi connectivity index (χ0) is 22.0. The predicted molar refractivity (Wildman–Crippen MR) is 126 cm³/mol. The second-order valence-corrected chi connectivity index (χ2v) is 8.35. The Morgan fingerprint density at radius 2 is 1.77 bits per heavy atom. The lowest BCUT2D eigenvalue weighted by Gasteiger charge is -2.18. The maximum absolute atomic E-state index is 11.0. The van der Waals surface area contributed by atoms with Gasteiger partial charge in [-0.2, -0.15) is 4.57 Å². The van der Waals surface area contributed by atoms with Crippen molar-refractivity contribution in [2.75, 3.05) is 11.4 Å². The Morgan fingerprint density at radius 3 is 2.39 bits per heavy atom. The molecule has 0 aliphatic rings. The van der Waals surface area contributed by atoms with Crippen LogP contribution in [0.4, 0.5) is 5.69 Å². The number of thiazole rings is 1. The van der Waals surface area contributed by atoms with Gasteiger partial charge in [-0.25, -0.2) is 4.79 Å². The number of benzene rings is 3. The summed E-state index contributed by atoms with van der Waals surface area (Å²) in [6, 6.07) is 19.9. The number of aliphatic carboxylic acids is 1. The molecule has 0 aliphatic carbocycles. The molecular weight excluding hydrogens is 408 g/mol. The van der Waals surface area contributed by atoms with Gasteiger partial charge in [-0.15, -0.1) is 0 Å². The third-order valence-corrected chi connectivity index (χ3v) is 6.54. The first-order valence-electron chi connectivity index (χ1n) is 10.3. The van der Waals surface area contributed by atoms with Gasteiger partial charge >= 0.3 is 5.97 Å². The minimum absolute atomic E-state index is 0.372. The van der Waals surface area contributed by atoms with E-state index in [0.29, 0.717) is 5.56 Å². The van der Waals surface area contributed by atoms with Gasteiger partial charge in [0.1, 0.15) is 11.2 Å². The molecular formula is C25H25N2O3S+. The summed E-state index contributed by atoms with van der Waals surface area (Å²) in [5, 5.41) is 22.3. The van der Waals surface area contributed by atoms with Crippen molar-refractivity contribution in [3.63, 3.8) is 0 Å². The molecule has 0 aliphatic heterocycles. The van der Waals surface area contributed by atoms with E-state index in [-0.39, 0.29) is 0 Å². The first-order valence-corrected chi connectivity index (χ1v) is 11.1. The molecule has 0 bridgehead atoms. The number of nitrogens with zero attached hydrogens (tertiary/aromatic N) is 2. The maximum atomic E-state index is 11.0. The molecule has 0 fully saturated rings. The Balaban J connectivity index is 1.65. The summed E-state index contributed by atoms with van der Waals surface area (Å²) in [4.78, 5) is 13.1. The average molecular weight is 434 g/mol. The Kier molecular flexibility index (Phi) is 6.02. The molecule has 1 atom stereocenters. The van der Waals surface area contributed by atoms with Crippen LogP contribution in [0.25, 0.3) is 27.1 Å². The molecule has 6 heteroatoms. The van der Waals surface area contributed by atoms with Crippen LogP contribution in [0.3, 0.4) is 0 Å². The summed E-state index contributed by atoms with van der Waals surface area (Å²) in [5.41, 5.74) is 2.55. The lowest BCUT2D eigenvalue weighted by atomic mass is 10.1. The van der Waals surface area contributed by atoms with E-state index in [4.69, 9.17) is 5.11 Å². The summed E-state index contributed by atoms with van der Waals surface area (Å²) in [6.07, 6.45) is 2.68. The third kappa shape index (κ3) is 4.17. The van der Waals surface area contributed by atoms with E-state index in [1.807, 2.05) is 12.1 Å². The van der Waals surface area contributed by atoms with Crippen LogP contribution in [0, 0.1) is 0 Å². The van der Waals surface area contributed by atoms with E-state index >= 15 is 0 Å². The lowest BCUT2D eigenvalue weighted by molar-refractivity contribution is -0.665. The molecule has 4 rings (SSSR count). The highest BCUT2D eigenvalue weighted by Gasteiger charge is 2.19. The van der Waals surface area contributed by atoms with E-state index in [2.05, 4.69) is 72.0 Å². The number of hydrogen-bond acceptors (Lipinski definition) is 4. The fourth-order valence-corrected chi connectivity index (χ4v) is 4.91. The monoisotopic (exact) mass is 433 g/mol. The Hall–Kier alpha value is -3.22. The molecule has 0 saturated carbocycles. The van der Waals surface area contributed by atoms with Crippen molar-refractivity contribution >= 4 is 50.1 Å². The smallest absolute Gasteiger partial charge is 0.337 e. The Morgan fingerprint density at radius 1 is 1.10 bits per heavy atom. The molecule has 4 aromatic rings. The third-order valence-electron chi connectivity index (χ3n) is 5.43. The highest BCUT2D eigenvalue weighted by atomic mass is 32.1. The molecule has 1 heterocycles. The second-order valence-electron chi connectivity index (χ2n) is 7.29. The van der Waals surface area contributed by atoms with Gasteiger partial charge in [0.15, 0.2) is 6.10 Å². The number of rotatable bonds is 7. The molecule has 158 valence electrons. The highest BCUT2D eigenvalue weighted by Crippen LogP contribution is 2.27. The van der Waals surface area contributed by atoms with Crippen molar-refractivity contribution in [3.8, 4) is 0 Å². The number of carboxylic acids is 1. The van der Waals surface area contributed by atoms with Crippen molar-refractivity contribution in [1.29, 1.82) is 0 Å². The molecule has 1 aromatic heterocycles. The molecule has 0 radical (unpaired) electrons. The van der Waals surface area contributed by atoms with Gasteiger partial charge in [0.2, 0.25) is 5.52 Å². The first-order chi connectivity index (χ1) is 15.0. The normalized spacial score (nSPS) is 12.6. The number of carboxylic acid groups (broad SMARTS) is 1. The number of carbonyl (C=O) groups is 1.